The number of anilines is 1. The highest BCUT2D eigenvalue weighted by molar-refractivity contribution is 6.00. The van der Waals surface area contributed by atoms with E-state index in [-0.39, 0.29) is 17.7 Å². The van der Waals surface area contributed by atoms with Crippen molar-refractivity contribution < 1.29 is 14.7 Å². The summed E-state index contributed by atoms with van der Waals surface area (Å²) in [5.41, 5.74) is 6.44. The van der Waals surface area contributed by atoms with Gasteiger partial charge in [0.1, 0.15) is 6.54 Å². The fourth-order valence-corrected chi connectivity index (χ4v) is 5.99. The molecular formula is C34H45N3O3. The molecule has 40 heavy (non-hydrogen) atoms. The van der Waals surface area contributed by atoms with Crippen LogP contribution >= 0.6 is 0 Å². The minimum absolute atomic E-state index is 0.0833. The summed E-state index contributed by atoms with van der Waals surface area (Å²) in [4.78, 5) is 26.7. The van der Waals surface area contributed by atoms with Gasteiger partial charge >= 0.3 is 5.97 Å². The Morgan fingerprint density at radius 2 is 1.65 bits per heavy atom. The van der Waals surface area contributed by atoms with Gasteiger partial charge in [-0.25, -0.2) is 4.68 Å². The molecule has 3 aromatic rings. The molecule has 1 aliphatic carbocycles. The first-order valence-corrected chi connectivity index (χ1v) is 14.5. The SMILES string of the molecule is Cc1cc(C(=O)C(C)(C)Cc2cn(-c3ccc(C(C)(C)C)cc3)nc2C2CCCCC2)ccc1N(C)CC(=O)O. The number of Topliss-reactive ketones (excluding diaryl/α,β-unsaturated/α-hetero) is 1. The van der Waals surface area contributed by atoms with Crippen LogP contribution in [0.5, 0.6) is 0 Å². The lowest BCUT2D eigenvalue weighted by atomic mass is 9.77. The molecule has 1 N–H and O–H groups in total. The number of nitrogens with zero attached hydrogens (tertiary/aromatic N) is 3. The second-order valence-electron chi connectivity index (χ2n) is 13.3. The molecule has 0 atom stereocenters. The van der Waals surface area contributed by atoms with Gasteiger partial charge in [-0.1, -0.05) is 66.0 Å². The first kappa shape index (κ1) is 29.6. The van der Waals surface area contributed by atoms with E-state index in [0.717, 1.165) is 41.0 Å². The standard InChI is InChI=1S/C34H45N3O3/c1-23-19-25(13-18-29(23)36(7)22-30(38)39)32(40)34(5,6)20-26-21-37(35-31(26)24-11-9-8-10-12-24)28-16-14-27(15-17-28)33(2,3)4/h13-19,21,24H,8-12,20,22H2,1-7H3,(H,38,39). The zero-order valence-electron chi connectivity index (χ0n) is 25.3. The molecule has 0 saturated heterocycles. The second kappa shape index (κ2) is 11.6. The van der Waals surface area contributed by atoms with Crippen molar-refractivity contribution in [1.29, 1.82) is 0 Å². The van der Waals surface area contributed by atoms with Gasteiger partial charge in [-0.2, -0.15) is 5.10 Å². The third-order valence-corrected chi connectivity index (χ3v) is 8.30. The molecule has 2 aromatic carbocycles. The first-order chi connectivity index (χ1) is 18.8. The highest BCUT2D eigenvalue weighted by atomic mass is 16.4. The van der Waals surface area contributed by atoms with Gasteiger partial charge in [-0.15, -0.1) is 0 Å². The van der Waals surface area contributed by atoms with E-state index in [1.165, 1.54) is 24.8 Å². The monoisotopic (exact) mass is 543 g/mol. The topological polar surface area (TPSA) is 75.4 Å². The molecule has 0 unspecified atom stereocenters. The predicted molar refractivity (Wildman–Crippen MR) is 162 cm³/mol. The van der Waals surface area contributed by atoms with E-state index in [0.29, 0.717) is 17.9 Å². The van der Waals surface area contributed by atoms with Gasteiger partial charge in [0.05, 0.1) is 11.4 Å². The Bertz CT molecular complexity index is 1360. The molecule has 0 radical (unpaired) electrons. The zero-order chi connectivity index (χ0) is 29.2. The second-order valence-corrected chi connectivity index (χ2v) is 13.3. The fourth-order valence-electron chi connectivity index (χ4n) is 5.99. The van der Waals surface area contributed by atoms with Crippen LogP contribution in [0.15, 0.2) is 48.7 Å². The molecule has 1 saturated carbocycles. The fraction of sp³-hybridized carbons (Fsp3) is 0.500. The lowest BCUT2D eigenvalue weighted by molar-refractivity contribution is -0.135. The summed E-state index contributed by atoms with van der Waals surface area (Å²) in [6, 6.07) is 14.2. The third-order valence-electron chi connectivity index (χ3n) is 8.30. The summed E-state index contributed by atoms with van der Waals surface area (Å²) in [6.07, 6.45) is 8.76. The number of carbonyl (C=O) groups excluding carboxylic acids is 1. The van der Waals surface area contributed by atoms with Crippen LogP contribution in [0.2, 0.25) is 0 Å². The van der Waals surface area contributed by atoms with Crippen molar-refractivity contribution in [2.24, 2.45) is 5.41 Å². The number of likely N-dealkylation sites (N-methyl/N-ethyl adjacent to an activating group) is 1. The van der Waals surface area contributed by atoms with Crippen LogP contribution in [0.25, 0.3) is 5.69 Å². The molecule has 0 amide bonds. The van der Waals surface area contributed by atoms with Gasteiger partial charge < -0.3 is 10.0 Å². The summed E-state index contributed by atoms with van der Waals surface area (Å²) in [5.74, 6) is -0.376. The number of benzene rings is 2. The number of aliphatic carboxylic acids is 1. The smallest absolute Gasteiger partial charge is 0.323 e. The lowest BCUT2D eigenvalue weighted by Gasteiger charge is -2.26. The van der Waals surface area contributed by atoms with Crippen LogP contribution in [0.1, 0.15) is 105 Å². The summed E-state index contributed by atoms with van der Waals surface area (Å²) < 4.78 is 2.00. The van der Waals surface area contributed by atoms with Crippen LogP contribution in [-0.2, 0) is 16.6 Å². The number of carboxylic acids is 1. The number of hydrogen-bond acceptors (Lipinski definition) is 4. The molecule has 214 valence electrons. The number of hydrogen-bond donors (Lipinski definition) is 1. The third kappa shape index (κ3) is 6.65. The molecule has 0 aliphatic heterocycles. The highest BCUT2D eigenvalue weighted by Gasteiger charge is 2.33. The molecular weight excluding hydrogens is 498 g/mol. The van der Waals surface area contributed by atoms with Crippen molar-refractivity contribution >= 4 is 17.4 Å². The van der Waals surface area contributed by atoms with Crippen molar-refractivity contribution in [3.05, 3.63) is 76.6 Å². The molecule has 4 rings (SSSR count). The normalized spacial score (nSPS) is 14.8. The van der Waals surface area contributed by atoms with E-state index < -0.39 is 11.4 Å². The van der Waals surface area contributed by atoms with Gasteiger partial charge in [0, 0.05) is 35.8 Å². The van der Waals surface area contributed by atoms with Crippen LogP contribution in [0.3, 0.4) is 0 Å². The number of aromatic nitrogens is 2. The summed E-state index contributed by atoms with van der Waals surface area (Å²) in [6.45, 7) is 12.5. The van der Waals surface area contributed by atoms with E-state index in [1.54, 1.807) is 11.9 Å². The van der Waals surface area contributed by atoms with Crippen LogP contribution in [0, 0.1) is 12.3 Å². The van der Waals surface area contributed by atoms with Crippen molar-refractivity contribution in [2.45, 2.75) is 91.4 Å². The maximum atomic E-state index is 13.8. The number of rotatable bonds is 9. The molecule has 0 bridgehead atoms. The molecule has 0 spiro atoms. The van der Waals surface area contributed by atoms with Gasteiger partial charge in [0.25, 0.3) is 0 Å². The Morgan fingerprint density at radius 3 is 2.23 bits per heavy atom. The van der Waals surface area contributed by atoms with E-state index in [1.807, 2.05) is 43.7 Å². The number of aryl methyl sites for hydroxylation is 1. The minimum atomic E-state index is -0.886. The molecule has 1 heterocycles. The van der Waals surface area contributed by atoms with E-state index in [4.69, 9.17) is 10.2 Å². The molecule has 6 heteroatoms. The predicted octanol–water partition coefficient (Wildman–Crippen LogP) is 7.50. The minimum Gasteiger partial charge on any atom is -0.480 e. The lowest BCUT2D eigenvalue weighted by Crippen LogP contribution is -2.28. The maximum Gasteiger partial charge on any atom is 0.323 e. The average molecular weight is 544 g/mol. The number of ketones is 1. The Balaban J connectivity index is 1.63. The van der Waals surface area contributed by atoms with Crippen molar-refractivity contribution in [3.63, 3.8) is 0 Å². The van der Waals surface area contributed by atoms with Gasteiger partial charge in [-0.05, 0) is 78.6 Å². The Labute approximate surface area is 239 Å². The summed E-state index contributed by atoms with van der Waals surface area (Å²) in [5, 5.41) is 14.3. The molecule has 6 nitrogen and oxygen atoms in total. The summed E-state index contributed by atoms with van der Waals surface area (Å²) in [7, 11) is 1.75. The van der Waals surface area contributed by atoms with Crippen LogP contribution in [0.4, 0.5) is 5.69 Å². The molecule has 1 aliphatic rings. The van der Waals surface area contributed by atoms with Gasteiger partial charge in [-0.3, -0.25) is 9.59 Å². The Morgan fingerprint density at radius 1 is 1.00 bits per heavy atom. The maximum absolute atomic E-state index is 13.8. The van der Waals surface area contributed by atoms with Crippen molar-refractivity contribution in [2.75, 3.05) is 18.5 Å². The van der Waals surface area contributed by atoms with Gasteiger partial charge in [0.15, 0.2) is 5.78 Å². The number of carboxylic acid groups (broad SMARTS) is 1. The number of carbonyl (C=O) groups is 2. The first-order valence-electron chi connectivity index (χ1n) is 14.5. The van der Waals surface area contributed by atoms with Crippen molar-refractivity contribution in [1.82, 2.24) is 9.78 Å². The van der Waals surface area contributed by atoms with E-state index in [2.05, 4.69) is 51.2 Å². The summed E-state index contributed by atoms with van der Waals surface area (Å²) >= 11 is 0. The largest absolute Gasteiger partial charge is 0.480 e. The quantitative estimate of drug-likeness (QED) is 0.283. The zero-order valence-corrected chi connectivity index (χ0v) is 25.3. The van der Waals surface area contributed by atoms with E-state index in [9.17, 15) is 9.59 Å². The average Bonchev–Trinajstić information content (AvgIpc) is 3.30. The Hall–Kier alpha value is -3.41. The molecule has 1 aromatic heterocycles. The van der Waals surface area contributed by atoms with Crippen molar-refractivity contribution in [3.8, 4) is 5.69 Å². The van der Waals surface area contributed by atoms with Gasteiger partial charge in [0.2, 0.25) is 0 Å². The van der Waals surface area contributed by atoms with Crippen LogP contribution < -0.4 is 4.90 Å². The molecule has 1 fully saturated rings. The van der Waals surface area contributed by atoms with Crippen LogP contribution in [-0.4, -0.2) is 40.2 Å². The highest BCUT2D eigenvalue weighted by Crippen LogP contribution is 2.37. The van der Waals surface area contributed by atoms with E-state index >= 15 is 0 Å². The Kier molecular flexibility index (Phi) is 8.57.